The Labute approximate surface area is 181 Å². The lowest BCUT2D eigenvalue weighted by molar-refractivity contribution is 0.482. The molecule has 4 aromatic rings. The molecular formula is C20H14O6S4. The van der Waals surface area contributed by atoms with Gasteiger partial charge in [0.05, 0.1) is 0 Å². The molecule has 4 aromatic carbocycles. The monoisotopic (exact) mass is 478 g/mol. The zero-order chi connectivity index (χ0) is 21.5. The number of hydrogen-bond acceptors (Lipinski definition) is 6. The van der Waals surface area contributed by atoms with Crippen LogP contribution >= 0.6 is 21.6 Å². The third-order valence-corrected chi connectivity index (χ3v) is 8.68. The second-order valence-electron chi connectivity index (χ2n) is 6.34. The lowest BCUT2D eigenvalue weighted by Gasteiger charge is -2.11. The molecule has 0 unspecified atom stereocenters. The lowest BCUT2D eigenvalue weighted by Crippen LogP contribution is -2.00. The third-order valence-electron chi connectivity index (χ3n) is 4.43. The van der Waals surface area contributed by atoms with Crippen molar-refractivity contribution in [1.29, 1.82) is 0 Å². The summed E-state index contributed by atoms with van der Waals surface area (Å²) in [5, 5.41) is 2.06. The minimum Gasteiger partial charge on any atom is -0.282 e. The molecule has 10 heteroatoms. The van der Waals surface area contributed by atoms with Crippen LogP contribution in [0, 0.1) is 0 Å². The predicted molar refractivity (Wildman–Crippen MR) is 119 cm³/mol. The molecule has 0 bridgehead atoms. The first-order chi connectivity index (χ1) is 14.2. The van der Waals surface area contributed by atoms with Crippen molar-refractivity contribution < 1.29 is 25.9 Å². The maximum atomic E-state index is 11.8. The van der Waals surface area contributed by atoms with E-state index in [2.05, 4.69) is 0 Å². The van der Waals surface area contributed by atoms with E-state index in [0.29, 0.717) is 31.3 Å². The molecule has 30 heavy (non-hydrogen) atoms. The Kier molecular flexibility index (Phi) is 5.56. The molecule has 0 saturated heterocycles. The Morgan fingerprint density at radius 3 is 1.20 bits per heavy atom. The molecule has 0 atom stereocenters. The molecule has 0 aliphatic rings. The summed E-state index contributed by atoms with van der Waals surface area (Å²) in [6, 6.07) is 19.7. The zero-order valence-corrected chi connectivity index (χ0v) is 18.4. The van der Waals surface area contributed by atoms with E-state index in [-0.39, 0.29) is 9.79 Å². The quantitative estimate of drug-likeness (QED) is 0.294. The molecule has 4 rings (SSSR count). The van der Waals surface area contributed by atoms with Crippen molar-refractivity contribution in [2.75, 3.05) is 0 Å². The lowest BCUT2D eigenvalue weighted by atomic mass is 10.1. The van der Waals surface area contributed by atoms with Gasteiger partial charge in [0.25, 0.3) is 20.2 Å². The van der Waals surface area contributed by atoms with Gasteiger partial charge in [-0.15, -0.1) is 0 Å². The standard InChI is InChI=1S/C20H14O6S4/c21-29(22,23)17-11-3-7-13-5-1-9-15(19(13)17)27-28-16-10-2-6-14-8-4-12-18(20(14)16)30(24,25)26/h1-12H,(H,21,22,23)(H,24,25,26). The van der Waals surface area contributed by atoms with Crippen LogP contribution in [0.4, 0.5) is 0 Å². The van der Waals surface area contributed by atoms with E-state index < -0.39 is 20.2 Å². The average Bonchev–Trinajstić information content (AvgIpc) is 2.69. The number of benzene rings is 4. The predicted octanol–water partition coefficient (Wildman–Crippen LogP) is 5.29. The van der Waals surface area contributed by atoms with E-state index in [1.54, 1.807) is 60.7 Å². The van der Waals surface area contributed by atoms with Crippen LogP contribution in [0.5, 0.6) is 0 Å². The van der Waals surface area contributed by atoms with Crippen molar-refractivity contribution >= 4 is 63.4 Å². The van der Waals surface area contributed by atoms with E-state index >= 15 is 0 Å². The first-order valence-corrected chi connectivity index (χ1v) is 13.5. The van der Waals surface area contributed by atoms with Gasteiger partial charge in [-0.3, -0.25) is 9.11 Å². The van der Waals surface area contributed by atoms with Gasteiger partial charge in [-0.1, -0.05) is 70.1 Å². The molecule has 154 valence electrons. The molecular weight excluding hydrogens is 464 g/mol. The fourth-order valence-electron chi connectivity index (χ4n) is 3.20. The van der Waals surface area contributed by atoms with Crippen molar-refractivity contribution in [2.45, 2.75) is 19.6 Å². The van der Waals surface area contributed by atoms with Crippen molar-refractivity contribution in [3.63, 3.8) is 0 Å². The maximum absolute atomic E-state index is 11.8. The Bertz CT molecular complexity index is 1370. The molecule has 0 radical (unpaired) electrons. The molecule has 0 aromatic heterocycles. The number of fused-ring (bicyclic) bond motifs is 2. The SMILES string of the molecule is O=S(=O)(O)c1cccc2cccc(SSc3cccc4cccc(S(=O)(=O)O)c34)c12. The average molecular weight is 479 g/mol. The number of hydrogen-bond donors (Lipinski definition) is 2. The highest BCUT2D eigenvalue weighted by atomic mass is 33.1. The fourth-order valence-corrected chi connectivity index (χ4v) is 7.25. The minimum atomic E-state index is -4.43. The summed E-state index contributed by atoms with van der Waals surface area (Å²) in [4.78, 5) is 0.791. The van der Waals surface area contributed by atoms with Gasteiger partial charge in [-0.2, -0.15) is 16.8 Å². The Morgan fingerprint density at radius 1 is 0.533 bits per heavy atom. The summed E-state index contributed by atoms with van der Waals surface area (Å²) in [7, 11) is -6.40. The van der Waals surface area contributed by atoms with Crippen LogP contribution in [0.1, 0.15) is 0 Å². The topological polar surface area (TPSA) is 109 Å². The van der Waals surface area contributed by atoms with Gasteiger partial charge in [0.1, 0.15) is 9.79 Å². The Hall–Kier alpha value is -2.08. The van der Waals surface area contributed by atoms with Gasteiger partial charge < -0.3 is 0 Å². The van der Waals surface area contributed by atoms with Crippen LogP contribution in [0.15, 0.2) is 92.4 Å². The molecule has 0 aliphatic heterocycles. The zero-order valence-electron chi connectivity index (χ0n) is 15.1. The second-order valence-corrected chi connectivity index (χ2v) is 11.3. The van der Waals surface area contributed by atoms with Crippen LogP contribution in [0.3, 0.4) is 0 Å². The number of rotatable bonds is 5. The van der Waals surface area contributed by atoms with Crippen LogP contribution in [0.2, 0.25) is 0 Å². The summed E-state index contributed by atoms with van der Waals surface area (Å²) >= 11 is 0. The van der Waals surface area contributed by atoms with Crippen LogP contribution in [-0.4, -0.2) is 25.9 Å². The third kappa shape index (κ3) is 4.07. The smallest absolute Gasteiger partial charge is 0.282 e. The minimum absolute atomic E-state index is 0.194. The molecule has 0 amide bonds. The second kappa shape index (κ2) is 7.88. The van der Waals surface area contributed by atoms with Crippen LogP contribution in [0.25, 0.3) is 21.5 Å². The molecule has 0 saturated carbocycles. The normalized spacial score (nSPS) is 12.5. The summed E-state index contributed by atoms with van der Waals surface area (Å²) in [6.45, 7) is 0. The summed E-state index contributed by atoms with van der Waals surface area (Å²) in [5.41, 5.74) is 0. The molecule has 2 N–H and O–H groups in total. The first kappa shape index (κ1) is 21.2. The van der Waals surface area contributed by atoms with Crippen LogP contribution in [-0.2, 0) is 20.2 Å². The molecule has 0 fully saturated rings. The van der Waals surface area contributed by atoms with Gasteiger partial charge in [0, 0.05) is 20.6 Å². The Balaban J connectivity index is 1.84. The van der Waals surface area contributed by atoms with Crippen molar-refractivity contribution in [3.05, 3.63) is 72.8 Å². The van der Waals surface area contributed by atoms with Crippen molar-refractivity contribution in [3.8, 4) is 0 Å². The fraction of sp³-hybridized carbons (Fsp3) is 0. The van der Waals surface area contributed by atoms with Crippen LogP contribution < -0.4 is 0 Å². The molecule has 0 aliphatic carbocycles. The van der Waals surface area contributed by atoms with Gasteiger partial charge in [0.15, 0.2) is 0 Å². The molecule has 0 spiro atoms. The van der Waals surface area contributed by atoms with E-state index in [1.807, 2.05) is 0 Å². The van der Waals surface area contributed by atoms with Crippen molar-refractivity contribution in [2.24, 2.45) is 0 Å². The van der Waals surface area contributed by atoms with E-state index in [0.717, 1.165) is 0 Å². The van der Waals surface area contributed by atoms with Gasteiger partial charge in [0.2, 0.25) is 0 Å². The highest BCUT2D eigenvalue weighted by Crippen LogP contribution is 2.45. The molecule has 6 nitrogen and oxygen atoms in total. The summed E-state index contributed by atoms with van der Waals surface area (Å²) in [6.07, 6.45) is 0. The summed E-state index contributed by atoms with van der Waals surface area (Å²) in [5.74, 6) is 0. The highest BCUT2D eigenvalue weighted by Gasteiger charge is 2.19. The van der Waals surface area contributed by atoms with Crippen molar-refractivity contribution in [1.82, 2.24) is 0 Å². The van der Waals surface area contributed by atoms with E-state index in [1.165, 1.54) is 33.7 Å². The first-order valence-electron chi connectivity index (χ1n) is 8.49. The van der Waals surface area contributed by atoms with E-state index in [9.17, 15) is 25.9 Å². The largest absolute Gasteiger partial charge is 0.295 e. The maximum Gasteiger partial charge on any atom is 0.295 e. The Morgan fingerprint density at radius 2 is 0.867 bits per heavy atom. The van der Waals surface area contributed by atoms with E-state index in [4.69, 9.17) is 0 Å². The van der Waals surface area contributed by atoms with Gasteiger partial charge in [-0.25, -0.2) is 0 Å². The van der Waals surface area contributed by atoms with Gasteiger partial charge in [-0.05, 0) is 35.0 Å². The highest BCUT2D eigenvalue weighted by molar-refractivity contribution is 8.76. The van der Waals surface area contributed by atoms with Gasteiger partial charge >= 0.3 is 0 Å². The molecule has 0 heterocycles. The summed E-state index contributed by atoms with van der Waals surface area (Å²) < 4.78 is 66.6.